The van der Waals surface area contributed by atoms with Gasteiger partial charge in [0.25, 0.3) is 0 Å². The number of nitrogens with zero attached hydrogens (tertiary/aromatic N) is 4. The van der Waals surface area contributed by atoms with Crippen LogP contribution in [0.15, 0.2) is 30.5 Å². The molecule has 27 heavy (non-hydrogen) atoms. The standard InChI is InChI=1S/C20H27N5O2/c1-20(2,3)16-11-13-24(23-16)12-6-5-8-14-9-7-10-15-17(14)22-19(27-4)25(15)18(21)26/h7,9-11,13H,5-6,8,12H2,1-4H3,(H2,21,26). The Morgan fingerprint density at radius 1 is 1.22 bits per heavy atom. The minimum atomic E-state index is -0.597. The Labute approximate surface area is 159 Å². The monoisotopic (exact) mass is 369 g/mol. The van der Waals surface area contributed by atoms with Crippen LogP contribution in [0.3, 0.4) is 0 Å². The number of rotatable bonds is 6. The SMILES string of the molecule is COc1nc2c(CCCCn3ccc(C(C)(C)C)n3)cccc2n1C(N)=O. The van der Waals surface area contributed by atoms with Crippen LogP contribution in [0, 0.1) is 0 Å². The number of aryl methyl sites for hydroxylation is 2. The van der Waals surface area contributed by atoms with Crippen molar-refractivity contribution < 1.29 is 9.53 Å². The summed E-state index contributed by atoms with van der Waals surface area (Å²) in [6.45, 7) is 7.38. The minimum absolute atomic E-state index is 0.0687. The molecule has 0 unspecified atom stereocenters. The zero-order chi connectivity index (χ0) is 19.6. The number of amides is 1. The quantitative estimate of drug-likeness (QED) is 0.674. The topological polar surface area (TPSA) is 88.0 Å². The lowest BCUT2D eigenvalue weighted by atomic mass is 9.93. The first kappa shape index (κ1) is 18.9. The fourth-order valence-corrected chi connectivity index (χ4v) is 3.16. The third-order valence-corrected chi connectivity index (χ3v) is 4.63. The molecule has 2 aromatic heterocycles. The first-order chi connectivity index (χ1) is 12.8. The van der Waals surface area contributed by atoms with Crippen LogP contribution in [0.1, 0.15) is 44.9 Å². The van der Waals surface area contributed by atoms with Gasteiger partial charge in [-0.05, 0) is 37.0 Å². The average molecular weight is 369 g/mol. The molecule has 1 aromatic carbocycles. The van der Waals surface area contributed by atoms with Crippen LogP contribution < -0.4 is 10.5 Å². The summed E-state index contributed by atoms with van der Waals surface area (Å²) in [4.78, 5) is 16.2. The maximum Gasteiger partial charge on any atom is 0.327 e. The largest absolute Gasteiger partial charge is 0.468 e. The normalized spacial score (nSPS) is 11.9. The zero-order valence-corrected chi connectivity index (χ0v) is 16.4. The molecule has 0 aliphatic heterocycles. The molecule has 7 heteroatoms. The molecule has 0 saturated carbocycles. The van der Waals surface area contributed by atoms with E-state index in [0.717, 1.165) is 42.6 Å². The van der Waals surface area contributed by atoms with Crippen LogP contribution in [-0.2, 0) is 18.4 Å². The van der Waals surface area contributed by atoms with Crippen LogP contribution in [-0.4, -0.2) is 32.5 Å². The summed E-state index contributed by atoms with van der Waals surface area (Å²) in [5.74, 6) is 0. The fourth-order valence-electron chi connectivity index (χ4n) is 3.16. The number of nitrogens with two attached hydrogens (primary N) is 1. The number of methoxy groups -OCH3 is 1. The highest BCUT2D eigenvalue weighted by Crippen LogP contribution is 2.25. The molecule has 3 aromatic rings. The first-order valence-corrected chi connectivity index (χ1v) is 9.19. The number of fused-ring (bicyclic) bond motifs is 1. The van der Waals surface area contributed by atoms with Gasteiger partial charge in [0.15, 0.2) is 0 Å². The van der Waals surface area contributed by atoms with Gasteiger partial charge in [-0.3, -0.25) is 4.68 Å². The highest BCUT2D eigenvalue weighted by molar-refractivity contribution is 5.91. The van der Waals surface area contributed by atoms with Crippen molar-refractivity contribution in [2.24, 2.45) is 5.73 Å². The number of para-hydroxylation sites is 1. The van der Waals surface area contributed by atoms with E-state index < -0.39 is 6.03 Å². The average Bonchev–Trinajstić information content (AvgIpc) is 3.22. The molecule has 1 amide bonds. The highest BCUT2D eigenvalue weighted by Gasteiger charge is 2.18. The van der Waals surface area contributed by atoms with E-state index in [1.54, 1.807) is 0 Å². The van der Waals surface area contributed by atoms with Crippen molar-refractivity contribution >= 4 is 17.1 Å². The van der Waals surface area contributed by atoms with Gasteiger partial charge in [0, 0.05) is 18.2 Å². The van der Waals surface area contributed by atoms with Gasteiger partial charge < -0.3 is 10.5 Å². The predicted octanol–water partition coefficient (Wildman–Crippen LogP) is 3.49. The Hall–Kier alpha value is -2.83. The van der Waals surface area contributed by atoms with Crippen molar-refractivity contribution in [3.05, 3.63) is 41.7 Å². The summed E-state index contributed by atoms with van der Waals surface area (Å²) < 4.78 is 8.51. The molecule has 7 nitrogen and oxygen atoms in total. The molecule has 0 atom stereocenters. The Kier molecular flexibility index (Phi) is 5.21. The molecule has 3 rings (SSSR count). The number of unbranched alkanes of at least 4 members (excludes halogenated alkanes) is 1. The number of hydrogen-bond acceptors (Lipinski definition) is 4. The van der Waals surface area contributed by atoms with Crippen molar-refractivity contribution in [2.75, 3.05) is 7.11 Å². The van der Waals surface area contributed by atoms with E-state index in [1.165, 1.54) is 11.7 Å². The van der Waals surface area contributed by atoms with Gasteiger partial charge in [0.2, 0.25) is 0 Å². The lowest BCUT2D eigenvalue weighted by Gasteiger charge is -2.14. The molecule has 2 heterocycles. The second kappa shape index (κ2) is 7.42. The maximum atomic E-state index is 11.7. The van der Waals surface area contributed by atoms with Gasteiger partial charge in [0.05, 0.1) is 23.8 Å². The highest BCUT2D eigenvalue weighted by atomic mass is 16.5. The molecule has 0 saturated heterocycles. The van der Waals surface area contributed by atoms with Crippen molar-refractivity contribution in [1.29, 1.82) is 0 Å². The lowest BCUT2D eigenvalue weighted by molar-refractivity contribution is 0.247. The number of imidazole rings is 1. The Balaban J connectivity index is 1.67. The van der Waals surface area contributed by atoms with Gasteiger partial charge in [0.1, 0.15) is 0 Å². The van der Waals surface area contributed by atoms with Crippen LogP contribution in [0.2, 0.25) is 0 Å². The number of primary amides is 1. The number of benzene rings is 1. The molecule has 2 N–H and O–H groups in total. The van der Waals surface area contributed by atoms with E-state index in [0.29, 0.717) is 5.52 Å². The Bertz CT molecular complexity index is 949. The van der Waals surface area contributed by atoms with Crippen molar-refractivity contribution in [3.63, 3.8) is 0 Å². The van der Waals surface area contributed by atoms with E-state index in [4.69, 9.17) is 10.5 Å². The Morgan fingerprint density at radius 2 is 2.00 bits per heavy atom. The van der Waals surface area contributed by atoms with Crippen molar-refractivity contribution in [2.45, 2.75) is 52.0 Å². The third kappa shape index (κ3) is 3.97. The Morgan fingerprint density at radius 3 is 2.63 bits per heavy atom. The smallest absolute Gasteiger partial charge is 0.327 e. The van der Waals surface area contributed by atoms with Crippen LogP contribution >= 0.6 is 0 Å². The molecule has 0 spiro atoms. The van der Waals surface area contributed by atoms with Crippen LogP contribution in [0.25, 0.3) is 11.0 Å². The number of hydrogen-bond donors (Lipinski definition) is 1. The molecule has 144 valence electrons. The van der Waals surface area contributed by atoms with Gasteiger partial charge in [-0.1, -0.05) is 32.9 Å². The summed E-state index contributed by atoms with van der Waals surface area (Å²) in [6, 6.07) is 7.49. The molecule has 0 bridgehead atoms. The van der Waals surface area contributed by atoms with Gasteiger partial charge in [-0.15, -0.1) is 0 Å². The number of aromatic nitrogens is 4. The van der Waals surface area contributed by atoms with E-state index in [9.17, 15) is 4.79 Å². The van der Waals surface area contributed by atoms with Gasteiger partial charge in [-0.25, -0.2) is 9.36 Å². The molecule has 0 fully saturated rings. The van der Waals surface area contributed by atoms with Crippen molar-refractivity contribution in [1.82, 2.24) is 19.3 Å². The lowest BCUT2D eigenvalue weighted by Crippen LogP contribution is -2.20. The van der Waals surface area contributed by atoms with Crippen LogP contribution in [0.4, 0.5) is 4.79 Å². The van der Waals surface area contributed by atoms with Gasteiger partial charge in [-0.2, -0.15) is 10.1 Å². The number of ether oxygens (including phenoxy) is 1. The van der Waals surface area contributed by atoms with E-state index >= 15 is 0 Å². The van der Waals surface area contributed by atoms with E-state index in [2.05, 4.69) is 36.9 Å². The number of carbonyl (C=O) groups is 1. The van der Waals surface area contributed by atoms with Gasteiger partial charge >= 0.3 is 12.0 Å². The molecular weight excluding hydrogens is 342 g/mol. The summed E-state index contributed by atoms with van der Waals surface area (Å²) >= 11 is 0. The second-order valence-corrected chi connectivity index (χ2v) is 7.73. The van der Waals surface area contributed by atoms with E-state index in [1.807, 2.05) is 29.1 Å². The summed E-state index contributed by atoms with van der Waals surface area (Å²) in [5.41, 5.74) is 9.17. The summed E-state index contributed by atoms with van der Waals surface area (Å²) in [5, 5.41) is 4.65. The maximum absolute atomic E-state index is 11.7. The summed E-state index contributed by atoms with van der Waals surface area (Å²) in [6.07, 6.45) is 4.91. The third-order valence-electron chi connectivity index (χ3n) is 4.63. The molecular formula is C20H27N5O2. The number of carbonyl (C=O) groups excluding carboxylic acids is 1. The first-order valence-electron chi connectivity index (χ1n) is 9.19. The molecule has 0 aliphatic rings. The molecule has 0 radical (unpaired) electrons. The summed E-state index contributed by atoms with van der Waals surface area (Å²) in [7, 11) is 1.48. The predicted molar refractivity (Wildman–Crippen MR) is 105 cm³/mol. The van der Waals surface area contributed by atoms with Crippen LogP contribution in [0.5, 0.6) is 6.01 Å². The minimum Gasteiger partial charge on any atom is -0.468 e. The fraction of sp³-hybridized carbons (Fsp3) is 0.450. The molecule has 0 aliphatic carbocycles. The van der Waals surface area contributed by atoms with Crippen molar-refractivity contribution in [3.8, 4) is 6.01 Å². The van der Waals surface area contributed by atoms with E-state index in [-0.39, 0.29) is 11.4 Å². The second-order valence-electron chi connectivity index (χ2n) is 7.73. The zero-order valence-electron chi connectivity index (χ0n) is 16.4.